The number of hydrogen-bond donors (Lipinski definition) is 0. The molecule has 0 aliphatic rings. The average Bonchev–Trinajstić information content (AvgIpc) is 1.86. The number of carbonyl (C=O) groups excluding carboxylic acids is 1. The van der Waals surface area contributed by atoms with E-state index in [1.54, 1.807) is 0 Å². The van der Waals surface area contributed by atoms with Crippen LogP contribution in [0.5, 0.6) is 0 Å². The number of esters is 1. The second-order valence-electron chi connectivity index (χ2n) is 1.18. The molecule has 0 saturated heterocycles. The molecule has 0 spiro atoms. The highest BCUT2D eigenvalue weighted by molar-refractivity contribution is 5.80. The SMILES string of the molecule is COC(=O)C(F)(F)C#N. The highest BCUT2D eigenvalue weighted by Crippen LogP contribution is 2.12. The lowest BCUT2D eigenvalue weighted by atomic mass is 10.4. The van der Waals surface area contributed by atoms with Crippen LogP contribution < -0.4 is 0 Å². The third kappa shape index (κ3) is 1.64. The van der Waals surface area contributed by atoms with Gasteiger partial charge in [0.15, 0.2) is 6.07 Å². The van der Waals surface area contributed by atoms with Crippen molar-refractivity contribution in [2.24, 2.45) is 0 Å². The van der Waals surface area contributed by atoms with Gasteiger partial charge in [-0.25, -0.2) is 4.79 Å². The summed E-state index contributed by atoms with van der Waals surface area (Å²) in [6.45, 7) is 0. The van der Waals surface area contributed by atoms with Crippen LogP contribution >= 0.6 is 0 Å². The zero-order chi connectivity index (χ0) is 7.49. The topological polar surface area (TPSA) is 50.1 Å². The van der Waals surface area contributed by atoms with Crippen molar-refractivity contribution in [3.05, 3.63) is 0 Å². The summed E-state index contributed by atoms with van der Waals surface area (Å²) >= 11 is 0. The second kappa shape index (κ2) is 2.40. The average molecular weight is 135 g/mol. The first-order chi connectivity index (χ1) is 4.04. The van der Waals surface area contributed by atoms with E-state index in [0.29, 0.717) is 6.07 Å². The van der Waals surface area contributed by atoms with Crippen molar-refractivity contribution < 1.29 is 18.3 Å². The van der Waals surface area contributed by atoms with Gasteiger partial charge < -0.3 is 4.74 Å². The van der Waals surface area contributed by atoms with Crippen LogP contribution in [0, 0.1) is 11.3 Å². The molecule has 5 heteroatoms. The van der Waals surface area contributed by atoms with Crippen molar-refractivity contribution in [2.45, 2.75) is 5.92 Å². The fraction of sp³-hybridized carbons (Fsp3) is 0.500. The van der Waals surface area contributed by atoms with Crippen molar-refractivity contribution in [3.63, 3.8) is 0 Å². The predicted molar refractivity (Wildman–Crippen MR) is 22.6 cm³/mol. The largest absolute Gasteiger partial charge is 0.464 e. The van der Waals surface area contributed by atoms with Crippen molar-refractivity contribution >= 4 is 5.97 Å². The van der Waals surface area contributed by atoms with E-state index in [0.717, 1.165) is 7.11 Å². The number of ether oxygens (including phenoxy) is 1. The monoisotopic (exact) mass is 135 g/mol. The molecule has 0 unspecified atom stereocenters. The summed E-state index contributed by atoms with van der Waals surface area (Å²) in [5, 5.41) is 7.59. The van der Waals surface area contributed by atoms with E-state index in [-0.39, 0.29) is 0 Å². The lowest BCUT2D eigenvalue weighted by Crippen LogP contribution is -2.27. The molecule has 50 valence electrons. The van der Waals surface area contributed by atoms with Crippen molar-refractivity contribution in [1.82, 2.24) is 0 Å². The predicted octanol–water partition coefficient (Wildman–Crippen LogP) is 0.318. The minimum absolute atomic E-state index is 0.484. The van der Waals surface area contributed by atoms with E-state index in [9.17, 15) is 13.6 Å². The molecule has 0 N–H and O–H groups in total. The van der Waals surface area contributed by atoms with Gasteiger partial charge >= 0.3 is 11.9 Å². The number of halogens is 2. The fourth-order valence-electron chi connectivity index (χ4n) is 0.174. The zero-order valence-electron chi connectivity index (χ0n) is 4.52. The molecule has 0 fully saturated rings. The molecule has 0 bridgehead atoms. The summed E-state index contributed by atoms with van der Waals surface area (Å²) in [5.74, 6) is -5.83. The van der Waals surface area contributed by atoms with Crippen LogP contribution in [0.15, 0.2) is 0 Å². The minimum atomic E-state index is -4.01. The molecule has 0 rings (SSSR count). The number of rotatable bonds is 1. The Balaban J connectivity index is 4.19. The number of hydrogen-bond acceptors (Lipinski definition) is 3. The van der Waals surface area contributed by atoms with Gasteiger partial charge in [-0.2, -0.15) is 14.0 Å². The first-order valence-electron chi connectivity index (χ1n) is 1.92. The van der Waals surface area contributed by atoms with Gasteiger partial charge in [0.25, 0.3) is 0 Å². The Kier molecular flexibility index (Phi) is 2.08. The molecular formula is C4H3F2NO2. The molecule has 0 radical (unpaired) electrons. The van der Waals surface area contributed by atoms with Gasteiger partial charge in [0.05, 0.1) is 7.11 Å². The molecule has 0 heterocycles. The summed E-state index contributed by atoms with van der Waals surface area (Å²) < 4.78 is 27.0. The van der Waals surface area contributed by atoms with Crippen molar-refractivity contribution in [3.8, 4) is 6.07 Å². The molecule has 0 aliphatic carbocycles. The molecule has 0 aromatic carbocycles. The summed E-state index contributed by atoms with van der Waals surface area (Å²) in [6, 6.07) is 0.484. The van der Waals surface area contributed by atoms with E-state index in [4.69, 9.17) is 5.26 Å². The van der Waals surface area contributed by atoms with Crippen LogP contribution in [0.3, 0.4) is 0 Å². The van der Waals surface area contributed by atoms with E-state index < -0.39 is 11.9 Å². The van der Waals surface area contributed by atoms with Gasteiger partial charge in [-0.1, -0.05) is 0 Å². The van der Waals surface area contributed by atoms with Crippen LogP contribution in [0.25, 0.3) is 0 Å². The number of carbonyl (C=O) groups is 1. The van der Waals surface area contributed by atoms with Crippen molar-refractivity contribution in [1.29, 1.82) is 5.26 Å². The standard InChI is InChI=1S/C4H3F2NO2/c1-9-3(8)4(5,6)2-7/h1H3. The van der Waals surface area contributed by atoms with E-state index in [1.807, 2.05) is 0 Å². The molecule has 0 saturated carbocycles. The lowest BCUT2D eigenvalue weighted by Gasteiger charge is -2.01. The molecule has 0 amide bonds. The fourth-order valence-corrected chi connectivity index (χ4v) is 0.174. The quantitative estimate of drug-likeness (QED) is 0.486. The molecule has 0 atom stereocenters. The molecule has 9 heavy (non-hydrogen) atoms. The van der Waals surface area contributed by atoms with Crippen LogP contribution in [-0.4, -0.2) is 19.0 Å². The lowest BCUT2D eigenvalue weighted by molar-refractivity contribution is -0.160. The van der Waals surface area contributed by atoms with Gasteiger partial charge in [-0.05, 0) is 0 Å². The summed E-state index contributed by atoms with van der Waals surface area (Å²) in [6.07, 6.45) is 0. The van der Waals surface area contributed by atoms with Crippen molar-refractivity contribution in [2.75, 3.05) is 7.11 Å². The Hall–Kier alpha value is -1.18. The third-order valence-electron chi connectivity index (χ3n) is 0.582. The Morgan fingerprint density at radius 2 is 2.22 bits per heavy atom. The molecule has 0 aromatic rings. The molecule has 0 aliphatic heterocycles. The molecule has 3 nitrogen and oxygen atoms in total. The first-order valence-corrected chi connectivity index (χ1v) is 1.92. The van der Waals surface area contributed by atoms with Crippen LogP contribution in [0.2, 0.25) is 0 Å². The Morgan fingerprint density at radius 1 is 1.78 bits per heavy atom. The van der Waals surface area contributed by atoms with Gasteiger partial charge in [-0.15, -0.1) is 0 Å². The van der Waals surface area contributed by atoms with Crippen LogP contribution in [0.1, 0.15) is 0 Å². The molecule has 0 aromatic heterocycles. The first kappa shape index (κ1) is 7.82. The maximum atomic E-state index is 11.7. The minimum Gasteiger partial charge on any atom is -0.464 e. The molecular weight excluding hydrogens is 132 g/mol. The smallest absolute Gasteiger partial charge is 0.426 e. The summed E-state index contributed by atoms with van der Waals surface area (Å²) in [7, 11) is 0.785. The summed E-state index contributed by atoms with van der Waals surface area (Å²) in [4.78, 5) is 9.87. The van der Waals surface area contributed by atoms with E-state index in [2.05, 4.69) is 4.74 Å². The van der Waals surface area contributed by atoms with E-state index in [1.165, 1.54) is 0 Å². The Morgan fingerprint density at radius 3 is 2.33 bits per heavy atom. The summed E-state index contributed by atoms with van der Waals surface area (Å²) in [5.41, 5.74) is 0. The highest BCUT2D eigenvalue weighted by atomic mass is 19.3. The van der Waals surface area contributed by atoms with E-state index >= 15 is 0 Å². The van der Waals surface area contributed by atoms with Crippen LogP contribution in [0.4, 0.5) is 8.78 Å². The number of nitrogens with zero attached hydrogens (tertiary/aromatic N) is 1. The number of alkyl halides is 2. The Labute approximate surface area is 49.8 Å². The second-order valence-corrected chi connectivity index (χ2v) is 1.18. The maximum absolute atomic E-state index is 11.7. The number of nitriles is 1. The third-order valence-corrected chi connectivity index (χ3v) is 0.582. The van der Waals surface area contributed by atoms with Gasteiger partial charge in [0.2, 0.25) is 0 Å². The zero-order valence-corrected chi connectivity index (χ0v) is 4.52. The number of methoxy groups -OCH3 is 1. The maximum Gasteiger partial charge on any atom is 0.426 e. The normalized spacial score (nSPS) is 10.0. The highest BCUT2D eigenvalue weighted by Gasteiger charge is 2.40. The van der Waals surface area contributed by atoms with Gasteiger partial charge in [-0.3, -0.25) is 0 Å². The Bertz CT molecular complexity index is 160. The van der Waals surface area contributed by atoms with Gasteiger partial charge in [0, 0.05) is 0 Å². The van der Waals surface area contributed by atoms with Gasteiger partial charge in [0.1, 0.15) is 0 Å². The van der Waals surface area contributed by atoms with Crippen LogP contribution in [-0.2, 0) is 9.53 Å².